The van der Waals surface area contributed by atoms with Crippen molar-refractivity contribution in [1.82, 2.24) is 20.2 Å². The topological polar surface area (TPSA) is 80.9 Å². The highest BCUT2D eigenvalue weighted by molar-refractivity contribution is 14.1. The van der Waals surface area contributed by atoms with Crippen molar-refractivity contribution < 1.29 is 9.90 Å². The van der Waals surface area contributed by atoms with Crippen LogP contribution < -0.4 is 0 Å². The van der Waals surface area contributed by atoms with Gasteiger partial charge in [0.25, 0.3) is 0 Å². The molecule has 0 saturated carbocycles. The van der Waals surface area contributed by atoms with Gasteiger partial charge in [-0.1, -0.05) is 39.0 Å². The van der Waals surface area contributed by atoms with Crippen molar-refractivity contribution in [3.8, 4) is 11.4 Å². The summed E-state index contributed by atoms with van der Waals surface area (Å²) in [6.07, 6.45) is -0.0229. The number of carbonyl (C=O) groups is 1. The van der Waals surface area contributed by atoms with Gasteiger partial charge in [-0.2, -0.15) is 0 Å². The zero-order valence-electron chi connectivity index (χ0n) is 12.1. The van der Waals surface area contributed by atoms with Gasteiger partial charge in [-0.25, -0.2) is 4.68 Å². The van der Waals surface area contributed by atoms with Crippen LogP contribution in [-0.4, -0.2) is 31.3 Å². The summed E-state index contributed by atoms with van der Waals surface area (Å²) in [7, 11) is 0. The summed E-state index contributed by atoms with van der Waals surface area (Å²) < 4.78 is 2.65. The predicted octanol–water partition coefficient (Wildman–Crippen LogP) is 3.01. The summed E-state index contributed by atoms with van der Waals surface area (Å²) in [4.78, 5) is 11.2. The molecule has 1 aromatic heterocycles. The van der Waals surface area contributed by atoms with Crippen molar-refractivity contribution >= 4 is 28.6 Å². The summed E-state index contributed by atoms with van der Waals surface area (Å²) in [5.74, 6) is -0.264. The molecule has 0 spiro atoms. The first-order valence-electron chi connectivity index (χ1n) is 6.55. The lowest BCUT2D eigenvalue weighted by Crippen LogP contribution is -2.28. The maximum atomic E-state index is 11.2. The molecule has 0 amide bonds. The molecule has 0 saturated heterocycles. The molecule has 1 N–H and O–H groups in total. The van der Waals surface area contributed by atoms with Crippen molar-refractivity contribution in [2.45, 2.75) is 33.2 Å². The lowest BCUT2D eigenvalue weighted by Gasteiger charge is -2.29. The predicted molar refractivity (Wildman–Crippen MR) is 86.7 cm³/mol. The van der Waals surface area contributed by atoms with Crippen LogP contribution in [0.4, 0.5) is 0 Å². The molecule has 0 aliphatic heterocycles. The van der Waals surface area contributed by atoms with E-state index in [1.807, 2.05) is 45.0 Å². The lowest BCUT2D eigenvalue weighted by molar-refractivity contribution is -0.138. The van der Waals surface area contributed by atoms with Crippen LogP contribution in [0.2, 0.25) is 0 Å². The molecule has 2 aromatic rings. The molecule has 1 heterocycles. The van der Waals surface area contributed by atoms with Crippen LogP contribution in [0.3, 0.4) is 0 Å². The number of hydrogen-bond acceptors (Lipinski definition) is 4. The van der Waals surface area contributed by atoms with E-state index in [9.17, 15) is 9.90 Å². The smallest absolute Gasteiger partial charge is 0.305 e. The first kappa shape index (κ1) is 15.9. The number of rotatable bonds is 4. The number of tetrazole rings is 1. The minimum absolute atomic E-state index is 0.0229. The Bertz CT molecular complexity index is 648. The Morgan fingerprint density at radius 1 is 1.38 bits per heavy atom. The van der Waals surface area contributed by atoms with Gasteiger partial charge in [-0.3, -0.25) is 4.79 Å². The number of aromatic nitrogens is 4. The average molecular weight is 400 g/mol. The van der Waals surface area contributed by atoms with E-state index in [-0.39, 0.29) is 17.9 Å². The number of carboxylic acid groups (broad SMARTS) is 1. The van der Waals surface area contributed by atoms with Gasteiger partial charge in [0, 0.05) is 9.13 Å². The first-order chi connectivity index (χ1) is 9.80. The first-order valence-corrected chi connectivity index (χ1v) is 7.63. The SMILES string of the molecule is CC(C)(C)C(CC(=O)O)n1nnnc1-c1ccccc1I. The Morgan fingerprint density at radius 2 is 2.05 bits per heavy atom. The number of nitrogens with zero attached hydrogens (tertiary/aromatic N) is 4. The van der Waals surface area contributed by atoms with Gasteiger partial charge in [-0.05, 0) is 44.5 Å². The highest BCUT2D eigenvalue weighted by atomic mass is 127. The highest BCUT2D eigenvalue weighted by Gasteiger charge is 2.32. The third-order valence-corrected chi connectivity index (χ3v) is 4.21. The molecule has 1 aromatic carbocycles. The van der Waals surface area contributed by atoms with Gasteiger partial charge < -0.3 is 5.11 Å². The van der Waals surface area contributed by atoms with E-state index in [4.69, 9.17) is 0 Å². The van der Waals surface area contributed by atoms with Crippen molar-refractivity contribution in [2.75, 3.05) is 0 Å². The lowest BCUT2D eigenvalue weighted by atomic mass is 9.84. The number of benzene rings is 1. The van der Waals surface area contributed by atoms with Gasteiger partial charge >= 0.3 is 5.97 Å². The van der Waals surface area contributed by atoms with E-state index in [1.54, 1.807) is 4.68 Å². The molecule has 0 bridgehead atoms. The van der Waals surface area contributed by atoms with Crippen LogP contribution in [0.5, 0.6) is 0 Å². The second-order valence-corrected chi connectivity index (χ2v) is 7.07. The minimum atomic E-state index is -0.862. The molecule has 21 heavy (non-hydrogen) atoms. The molecule has 112 valence electrons. The molecule has 1 atom stereocenters. The van der Waals surface area contributed by atoms with Crippen LogP contribution in [0.25, 0.3) is 11.4 Å². The maximum absolute atomic E-state index is 11.2. The Morgan fingerprint density at radius 3 is 2.62 bits per heavy atom. The minimum Gasteiger partial charge on any atom is -0.481 e. The monoisotopic (exact) mass is 400 g/mol. The molecule has 0 aliphatic rings. The fraction of sp³-hybridized carbons (Fsp3) is 0.429. The molecule has 6 nitrogen and oxygen atoms in total. The number of halogens is 1. The average Bonchev–Trinajstić information content (AvgIpc) is 2.83. The molecule has 2 rings (SSSR count). The molecule has 1 unspecified atom stereocenters. The third-order valence-electron chi connectivity index (χ3n) is 3.27. The van der Waals surface area contributed by atoms with Crippen molar-refractivity contribution in [1.29, 1.82) is 0 Å². The summed E-state index contributed by atoms with van der Waals surface area (Å²) >= 11 is 2.22. The van der Waals surface area contributed by atoms with E-state index < -0.39 is 5.97 Å². The second kappa shape index (κ2) is 6.08. The summed E-state index contributed by atoms with van der Waals surface area (Å²) in [5.41, 5.74) is 0.630. The maximum Gasteiger partial charge on any atom is 0.305 e. The van der Waals surface area contributed by atoms with Gasteiger partial charge in [0.1, 0.15) is 0 Å². The Hall–Kier alpha value is -1.51. The van der Waals surface area contributed by atoms with Gasteiger partial charge in [0.05, 0.1) is 12.5 Å². The molecular formula is C14H17IN4O2. The van der Waals surface area contributed by atoms with E-state index in [0.717, 1.165) is 9.13 Å². The zero-order chi connectivity index (χ0) is 15.6. The van der Waals surface area contributed by atoms with Crippen LogP contribution in [-0.2, 0) is 4.79 Å². The van der Waals surface area contributed by atoms with Crippen LogP contribution >= 0.6 is 22.6 Å². The number of aliphatic carboxylic acids is 1. The Labute approximate surface area is 136 Å². The van der Waals surface area contributed by atoms with Gasteiger partial charge in [-0.15, -0.1) is 5.10 Å². The Balaban J connectivity index is 2.52. The molecule has 0 radical (unpaired) electrons. The molecule has 0 fully saturated rings. The molecule has 7 heteroatoms. The second-order valence-electron chi connectivity index (χ2n) is 5.91. The van der Waals surface area contributed by atoms with Crippen LogP contribution in [0.1, 0.15) is 33.2 Å². The Kier molecular flexibility index (Phi) is 4.60. The van der Waals surface area contributed by atoms with E-state index in [2.05, 4.69) is 38.1 Å². The zero-order valence-corrected chi connectivity index (χ0v) is 14.3. The molecular weight excluding hydrogens is 383 g/mol. The highest BCUT2D eigenvalue weighted by Crippen LogP contribution is 2.35. The summed E-state index contributed by atoms with van der Waals surface area (Å²) in [5, 5.41) is 21.1. The van der Waals surface area contributed by atoms with Crippen LogP contribution in [0.15, 0.2) is 24.3 Å². The third kappa shape index (κ3) is 3.58. The van der Waals surface area contributed by atoms with Crippen molar-refractivity contribution in [2.24, 2.45) is 5.41 Å². The normalized spacial score (nSPS) is 13.1. The van der Waals surface area contributed by atoms with E-state index >= 15 is 0 Å². The van der Waals surface area contributed by atoms with Gasteiger partial charge in [0.2, 0.25) is 0 Å². The number of carboxylic acids is 1. The fourth-order valence-corrected chi connectivity index (χ4v) is 2.78. The van der Waals surface area contributed by atoms with E-state index in [0.29, 0.717) is 5.82 Å². The standard InChI is InChI=1S/C14H17IN4O2/c1-14(2,3)11(8-12(20)21)19-13(16-17-18-19)9-6-4-5-7-10(9)15/h4-7,11H,8H2,1-3H3,(H,20,21). The molecule has 0 aliphatic carbocycles. The van der Waals surface area contributed by atoms with Gasteiger partial charge in [0.15, 0.2) is 5.82 Å². The van der Waals surface area contributed by atoms with Crippen molar-refractivity contribution in [3.05, 3.63) is 27.8 Å². The largest absolute Gasteiger partial charge is 0.481 e. The summed E-state index contributed by atoms with van der Waals surface area (Å²) in [6.45, 7) is 5.96. The van der Waals surface area contributed by atoms with Crippen molar-refractivity contribution in [3.63, 3.8) is 0 Å². The fourth-order valence-electron chi connectivity index (χ4n) is 2.15. The summed E-state index contributed by atoms with van der Waals surface area (Å²) in [6, 6.07) is 7.44. The quantitative estimate of drug-likeness (QED) is 0.799. The van der Waals surface area contributed by atoms with E-state index in [1.165, 1.54) is 0 Å². The number of hydrogen-bond donors (Lipinski definition) is 1. The van der Waals surface area contributed by atoms with Crippen LogP contribution in [0, 0.1) is 8.99 Å².